The largest absolute Gasteiger partial charge is 0.497 e. The van der Waals surface area contributed by atoms with Gasteiger partial charge in [-0.3, -0.25) is 4.79 Å². The molecular formula is C19H17BrO5. The van der Waals surface area contributed by atoms with Crippen molar-refractivity contribution in [1.29, 1.82) is 0 Å². The molecule has 0 aliphatic carbocycles. The van der Waals surface area contributed by atoms with E-state index in [1.807, 2.05) is 0 Å². The number of methoxy groups -OCH3 is 2. The first-order valence-corrected chi connectivity index (χ1v) is 8.18. The minimum atomic E-state index is -0.615. The van der Waals surface area contributed by atoms with Crippen LogP contribution in [0.1, 0.15) is 15.9 Å². The van der Waals surface area contributed by atoms with Gasteiger partial charge in [-0.15, -0.1) is 0 Å². The van der Waals surface area contributed by atoms with Crippen molar-refractivity contribution in [2.45, 2.75) is 0 Å². The average Bonchev–Trinajstić information content (AvgIpc) is 2.64. The Morgan fingerprint density at radius 1 is 1.04 bits per heavy atom. The van der Waals surface area contributed by atoms with Crippen LogP contribution in [0.5, 0.6) is 11.5 Å². The molecule has 0 atom stereocenters. The average molecular weight is 405 g/mol. The van der Waals surface area contributed by atoms with Crippen LogP contribution in [0.15, 0.2) is 53.0 Å². The third-order valence-electron chi connectivity index (χ3n) is 3.35. The van der Waals surface area contributed by atoms with Gasteiger partial charge in [0.2, 0.25) is 0 Å². The number of hydrogen-bond acceptors (Lipinski definition) is 5. The summed E-state index contributed by atoms with van der Waals surface area (Å²) in [6.45, 7) is -0.319. The standard InChI is InChI=1S/C19H17BrO5/c1-23-16-8-9-18(24-2)14(11-16)5-10-19(22)25-12-17(21)13-3-6-15(20)7-4-13/h3-11H,12H2,1-2H3/b10-5+. The highest BCUT2D eigenvalue weighted by molar-refractivity contribution is 9.10. The Kier molecular flexibility index (Phi) is 6.77. The molecule has 0 aromatic heterocycles. The maximum Gasteiger partial charge on any atom is 0.331 e. The monoisotopic (exact) mass is 404 g/mol. The Labute approximate surface area is 154 Å². The van der Waals surface area contributed by atoms with E-state index in [0.29, 0.717) is 22.6 Å². The van der Waals surface area contributed by atoms with Crippen LogP contribution < -0.4 is 9.47 Å². The Morgan fingerprint density at radius 2 is 1.76 bits per heavy atom. The number of ether oxygens (including phenoxy) is 3. The second kappa shape index (κ2) is 9.03. The third kappa shape index (κ3) is 5.46. The van der Waals surface area contributed by atoms with E-state index in [1.165, 1.54) is 13.2 Å². The minimum absolute atomic E-state index is 0.270. The van der Waals surface area contributed by atoms with E-state index in [-0.39, 0.29) is 12.4 Å². The van der Waals surface area contributed by atoms with Crippen LogP contribution in [0.3, 0.4) is 0 Å². The molecule has 0 saturated carbocycles. The molecular weight excluding hydrogens is 388 g/mol. The molecule has 5 nitrogen and oxygen atoms in total. The molecule has 130 valence electrons. The molecule has 0 radical (unpaired) electrons. The van der Waals surface area contributed by atoms with Gasteiger partial charge in [0.1, 0.15) is 11.5 Å². The quantitative estimate of drug-likeness (QED) is 0.397. The molecule has 0 amide bonds. The number of esters is 1. The zero-order valence-electron chi connectivity index (χ0n) is 13.8. The van der Waals surface area contributed by atoms with Crippen LogP contribution in [0.25, 0.3) is 6.08 Å². The van der Waals surface area contributed by atoms with Gasteiger partial charge in [0.05, 0.1) is 14.2 Å². The fraction of sp³-hybridized carbons (Fsp3) is 0.158. The van der Waals surface area contributed by atoms with Gasteiger partial charge in [-0.05, 0) is 36.4 Å². The molecule has 0 aliphatic rings. The number of carbonyl (C=O) groups is 2. The summed E-state index contributed by atoms with van der Waals surface area (Å²) in [5.74, 6) is 0.346. The molecule has 0 heterocycles. The maximum absolute atomic E-state index is 12.0. The van der Waals surface area contributed by atoms with E-state index in [1.54, 1.807) is 55.7 Å². The summed E-state index contributed by atoms with van der Waals surface area (Å²) < 4.78 is 16.2. The van der Waals surface area contributed by atoms with E-state index in [0.717, 1.165) is 4.47 Å². The highest BCUT2D eigenvalue weighted by Gasteiger charge is 2.09. The van der Waals surface area contributed by atoms with Gasteiger partial charge in [0.15, 0.2) is 12.4 Å². The summed E-state index contributed by atoms with van der Waals surface area (Å²) in [7, 11) is 3.09. The number of hydrogen-bond donors (Lipinski definition) is 0. The summed E-state index contributed by atoms with van der Waals surface area (Å²) in [6, 6.07) is 12.1. The van der Waals surface area contributed by atoms with Crippen LogP contribution in [0.2, 0.25) is 0 Å². The van der Waals surface area contributed by atoms with Crippen molar-refractivity contribution in [3.8, 4) is 11.5 Å². The molecule has 0 N–H and O–H groups in total. The van der Waals surface area contributed by atoms with Crippen LogP contribution in [0, 0.1) is 0 Å². The minimum Gasteiger partial charge on any atom is -0.497 e. The summed E-state index contributed by atoms with van der Waals surface area (Å²) in [5, 5.41) is 0. The highest BCUT2D eigenvalue weighted by Crippen LogP contribution is 2.25. The van der Waals surface area contributed by atoms with Crippen LogP contribution >= 0.6 is 15.9 Å². The predicted molar refractivity (Wildman–Crippen MR) is 98.0 cm³/mol. The zero-order chi connectivity index (χ0) is 18.2. The lowest BCUT2D eigenvalue weighted by atomic mass is 10.1. The summed E-state index contributed by atoms with van der Waals surface area (Å²) >= 11 is 3.30. The first kappa shape index (κ1) is 18.7. The lowest BCUT2D eigenvalue weighted by Crippen LogP contribution is -2.12. The van der Waals surface area contributed by atoms with E-state index < -0.39 is 5.97 Å². The Bertz CT molecular complexity index is 781. The number of halogens is 1. The second-order valence-corrected chi connectivity index (χ2v) is 5.89. The van der Waals surface area contributed by atoms with Crippen molar-refractivity contribution >= 4 is 33.8 Å². The van der Waals surface area contributed by atoms with E-state index >= 15 is 0 Å². The van der Waals surface area contributed by atoms with Crippen molar-refractivity contribution in [3.63, 3.8) is 0 Å². The van der Waals surface area contributed by atoms with Gasteiger partial charge in [-0.25, -0.2) is 4.79 Å². The topological polar surface area (TPSA) is 61.8 Å². The smallest absolute Gasteiger partial charge is 0.331 e. The molecule has 2 aromatic rings. The predicted octanol–water partition coefficient (Wildman–Crippen LogP) is 3.91. The molecule has 6 heteroatoms. The lowest BCUT2D eigenvalue weighted by molar-refractivity contribution is -0.136. The number of ketones is 1. The van der Waals surface area contributed by atoms with Gasteiger partial charge >= 0.3 is 5.97 Å². The van der Waals surface area contributed by atoms with Crippen LogP contribution in [0.4, 0.5) is 0 Å². The first-order chi connectivity index (χ1) is 12.0. The summed E-state index contributed by atoms with van der Waals surface area (Å²) in [5.41, 5.74) is 1.15. The molecule has 0 fully saturated rings. The van der Waals surface area contributed by atoms with E-state index in [9.17, 15) is 9.59 Å². The van der Waals surface area contributed by atoms with Gasteiger partial charge in [-0.2, -0.15) is 0 Å². The van der Waals surface area contributed by atoms with Crippen molar-refractivity contribution in [2.24, 2.45) is 0 Å². The molecule has 0 spiro atoms. The van der Waals surface area contributed by atoms with Crippen molar-refractivity contribution in [1.82, 2.24) is 0 Å². The molecule has 0 saturated heterocycles. The van der Waals surface area contributed by atoms with Crippen LogP contribution in [-0.4, -0.2) is 32.6 Å². The second-order valence-electron chi connectivity index (χ2n) is 4.98. The molecule has 0 aliphatic heterocycles. The Hall–Kier alpha value is -2.60. The van der Waals surface area contributed by atoms with E-state index in [4.69, 9.17) is 14.2 Å². The SMILES string of the molecule is COc1ccc(OC)c(/C=C/C(=O)OCC(=O)c2ccc(Br)cc2)c1. The third-order valence-corrected chi connectivity index (χ3v) is 3.88. The first-order valence-electron chi connectivity index (χ1n) is 7.39. The number of carbonyl (C=O) groups excluding carboxylic acids is 2. The van der Waals surface area contributed by atoms with Gasteiger partial charge in [-0.1, -0.05) is 28.1 Å². The highest BCUT2D eigenvalue weighted by atomic mass is 79.9. The fourth-order valence-corrected chi connectivity index (χ4v) is 2.30. The fourth-order valence-electron chi connectivity index (χ4n) is 2.03. The Balaban J connectivity index is 1.97. The molecule has 2 aromatic carbocycles. The van der Waals surface area contributed by atoms with Gasteiger partial charge < -0.3 is 14.2 Å². The Morgan fingerprint density at radius 3 is 2.40 bits per heavy atom. The van der Waals surface area contributed by atoms with Gasteiger partial charge in [0, 0.05) is 21.7 Å². The number of benzene rings is 2. The molecule has 2 rings (SSSR count). The zero-order valence-corrected chi connectivity index (χ0v) is 15.4. The lowest BCUT2D eigenvalue weighted by Gasteiger charge is -2.07. The molecule has 25 heavy (non-hydrogen) atoms. The van der Waals surface area contributed by atoms with Crippen molar-refractivity contribution in [2.75, 3.05) is 20.8 Å². The normalized spacial score (nSPS) is 10.5. The summed E-state index contributed by atoms with van der Waals surface area (Å²) in [4.78, 5) is 23.8. The summed E-state index contributed by atoms with van der Waals surface area (Å²) in [6.07, 6.45) is 2.79. The van der Waals surface area contributed by atoms with Crippen LogP contribution in [-0.2, 0) is 9.53 Å². The van der Waals surface area contributed by atoms with Crippen molar-refractivity contribution < 1.29 is 23.8 Å². The number of rotatable bonds is 7. The van der Waals surface area contributed by atoms with E-state index in [2.05, 4.69) is 15.9 Å². The van der Waals surface area contributed by atoms with Gasteiger partial charge in [0.25, 0.3) is 0 Å². The molecule has 0 bridgehead atoms. The maximum atomic E-state index is 12.0. The number of Topliss-reactive ketones (excluding diaryl/α,β-unsaturated/α-hetero) is 1. The van der Waals surface area contributed by atoms with Crippen molar-refractivity contribution in [3.05, 3.63) is 64.1 Å². The molecule has 0 unspecified atom stereocenters.